The molecular formula is C42H74FN3S. The van der Waals surface area contributed by atoms with Gasteiger partial charge < -0.3 is 0 Å². The van der Waals surface area contributed by atoms with Crippen molar-refractivity contribution in [2.75, 3.05) is 4.90 Å². The second-order valence-corrected chi connectivity index (χ2v) is 14.7. The van der Waals surface area contributed by atoms with Crippen LogP contribution in [0.25, 0.3) is 0 Å². The molecule has 47 heavy (non-hydrogen) atoms. The lowest BCUT2D eigenvalue weighted by Crippen LogP contribution is -2.41. The topological polar surface area (TPSA) is 27.6 Å². The van der Waals surface area contributed by atoms with E-state index in [9.17, 15) is 4.39 Å². The van der Waals surface area contributed by atoms with Crippen LogP contribution in [0.2, 0.25) is 0 Å². The molecule has 1 atom stereocenters. The van der Waals surface area contributed by atoms with Crippen LogP contribution in [0, 0.1) is 5.82 Å². The Kier molecular flexibility index (Phi) is 27.1. The molecule has 5 heteroatoms. The number of nitrogens with zero attached hydrogens (tertiary/aromatic N) is 2. The van der Waals surface area contributed by atoms with Crippen molar-refractivity contribution in [2.45, 2.75) is 219 Å². The van der Waals surface area contributed by atoms with E-state index in [2.05, 4.69) is 17.5 Å². The number of anilines is 1. The third-order valence-corrected chi connectivity index (χ3v) is 10.4. The number of nitrogens with one attached hydrogen (secondary N) is 1. The van der Waals surface area contributed by atoms with Gasteiger partial charge in [-0.15, -0.1) is 0 Å². The summed E-state index contributed by atoms with van der Waals surface area (Å²) in [5, 5.41) is 6.07. The third kappa shape index (κ3) is 21.3. The molecule has 0 aromatic heterocycles. The minimum absolute atomic E-state index is 0.235. The van der Waals surface area contributed by atoms with E-state index in [1.54, 1.807) is 17.5 Å². The van der Waals surface area contributed by atoms with Gasteiger partial charge in [0.15, 0.2) is 0 Å². The number of hydrogen-bond donors (Lipinski definition) is 1. The minimum Gasteiger partial charge on any atom is -0.299 e. The molecule has 1 aliphatic heterocycles. The maximum absolute atomic E-state index is 14.4. The summed E-state index contributed by atoms with van der Waals surface area (Å²) in [5.74, 6) is 0.651. The standard InChI is InChI=1S/C42H74FN3S/c1-2-3-4-5-6-7-8-9-10-11-12-13-14-15-16-17-18-19-20-21-22-23-24-25-26-27-28-29-30-31-32-37-41-44-45-42(38-47)46(41)40-36-34-33-35-39(40)43/h33-36,38,42,45H,2-32,37H2,1H3. The summed E-state index contributed by atoms with van der Waals surface area (Å²) in [6.45, 7) is 2.30. The monoisotopic (exact) mass is 672 g/mol. The largest absolute Gasteiger partial charge is 0.299 e. The fraction of sp³-hybridized carbons (Fsp3) is 0.810. The molecule has 1 N–H and O–H groups in total. The summed E-state index contributed by atoms with van der Waals surface area (Å²) in [7, 11) is 0. The van der Waals surface area contributed by atoms with E-state index in [4.69, 9.17) is 12.2 Å². The highest BCUT2D eigenvalue weighted by Gasteiger charge is 2.28. The molecule has 0 spiro atoms. The average molecular weight is 672 g/mol. The van der Waals surface area contributed by atoms with E-state index in [1.165, 1.54) is 199 Å². The first-order valence-corrected chi connectivity index (χ1v) is 21.1. The molecule has 3 nitrogen and oxygen atoms in total. The predicted octanol–water partition coefficient (Wildman–Crippen LogP) is 14.4. The predicted molar refractivity (Wildman–Crippen MR) is 210 cm³/mol. The van der Waals surface area contributed by atoms with Gasteiger partial charge in [0.25, 0.3) is 0 Å². The van der Waals surface area contributed by atoms with Crippen molar-refractivity contribution in [3.63, 3.8) is 0 Å². The maximum Gasteiger partial charge on any atom is 0.150 e. The lowest BCUT2D eigenvalue weighted by Gasteiger charge is -2.25. The number of para-hydroxylation sites is 1. The van der Waals surface area contributed by atoms with Crippen molar-refractivity contribution in [1.29, 1.82) is 0 Å². The van der Waals surface area contributed by atoms with Crippen molar-refractivity contribution in [3.8, 4) is 0 Å². The summed E-state index contributed by atoms with van der Waals surface area (Å²) >= 11 is 5.15. The minimum atomic E-state index is -0.254. The zero-order chi connectivity index (χ0) is 33.5. The number of hydrogen-bond acceptors (Lipinski definition) is 4. The fourth-order valence-corrected chi connectivity index (χ4v) is 7.28. The van der Waals surface area contributed by atoms with E-state index < -0.39 is 0 Å². The van der Waals surface area contributed by atoms with Gasteiger partial charge in [0.2, 0.25) is 0 Å². The SMILES string of the molecule is CCCCCCCCCCCCCCCCCCCCCCCCCCCCCCCCCC1=NNC(C=S)N1c1ccccc1F. The average Bonchev–Trinajstić information content (AvgIpc) is 3.50. The molecule has 0 fully saturated rings. The van der Waals surface area contributed by atoms with E-state index >= 15 is 0 Å². The van der Waals surface area contributed by atoms with Crippen LogP contribution >= 0.6 is 12.2 Å². The number of amidine groups is 1. The molecule has 0 bridgehead atoms. The Balaban J connectivity index is 1.24. The Hall–Kier alpha value is -1.49. The molecule has 1 aliphatic rings. The van der Waals surface area contributed by atoms with Gasteiger partial charge in [-0.3, -0.25) is 10.3 Å². The Morgan fingerprint density at radius 1 is 0.574 bits per heavy atom. The molecule has 1 aromatic rings. The molecule has 1 unspecified atom stereocenters. The smallest absolute Gasteiger partial charge is 0.150 e. The van der Waals surface area contributed by atoms with Crippen molar-refractivity contribution >= 4 is 29.1 Å². The van der Waals surface area contributed by atoms with Crippen LogP contribution in [-0.2, 0) is 0 Å². The second-order valence-electron chi connectivity index (χ2n) is 14.4. The van der Waals surface area contributed by atoms with Crippen molar-refractivity contribution < 1.29 is 4.39 Å². The van der Waals surface area contributed by atoms with Gasteiger partial charge in [0.1, 0.15) is 17.8 Å². The number of unbranched alkanes of at least 4 members (excludes halogenated alkanes) is 30. The Morgan fingerprint density at radius 3 is 1.26 bits per heavy atom. The molecule has 0 amide bonds. The summed E-state index contributed by atoms with van der Waals surface area (Å²) in [6.07, 6.45) is 44.6. The third-order valence-electron chi connectivity index (χ3n) is 10.1. The van der Waals surface area contributed by atoms with Gasteiger partial charge in [-0.25, -0.2) is 4.39 Å². The van der Waals surface area contributed by atoms with Crippen LogP contribution in [0.3, 0.4) is 0 Å². The van der Waals surface area contributed by atoms with Gasteiger partial charge in [0.05, 0.1) is 5.69 Å². The highest BCUT2D eigenvalue weighted by molar-refractivity contribution is 7.79. The summed E-state index contributed by atoms with van der Waals surface area (Å²) in [6, 6.07) is 6.87. The Labute approximate surface area is 296 Å². The molecular weight excluding hydrogens is 598 g/mol. The number of rotatable bonds is 34. The molecule has 2 rings (SSSR count). The second kappa shape index (κ2) is 30.6. The molecule has 0 saturated heterocycles. The van der Waals surface area contributed by atoms with Gasteiger partial charge in [0, 0.05) is 11.8 Å². The number of halogens is 1. The normalized spacial score (nSPS) is 14.5. The molecule has 270 valence electrons. The number of hydrazone groups is 1. The first-order chi connectivity index (χ1) is 23.3. The van der Waals surface area contributed by atoms with E-state index in [1.807, 2.05) is 11.0 Å². The summed E-state index contributed by atoms with van der Waals surface area (Å²) in [5.41, 5.74) is 3.59. The lowest BCUT2D eigenvalue weighted by molar-refractivity contribution is 0.512. The first kappa shape index (κ1) is 41.7. The van der Waals surface area contributed by atoms with E-state index in [-0.39, 0.29) is 12.0 Å². The Bertz CT molecular complexity index is 890. The van der Waals surface area contributed by atoms with E-state index in [0.717, 1.165) is 18.7 Å². The molecule has 0 radical (unpaired) electrons. The number of benzene rings is 1. The van der Waals surface area contributed by atoms with Crippen molar-refractivity contribution in [1.82, 2.24) is 5.43 Å². The van der Waals surface area contributed by atoms with Gasteiger partial charge in [-0.05, 0) is 18.6 Å². The quantitative estimate of drug-likeness (QED) is 0.0584. The fourth-order valence-electron chi connectivity index (χ4n) is 7.10. The van der Waals surface area contributed by atoms with Gasteiger partial charge in [-0.2, -0.15) is 5.10 Å². The molecule has 0 aliphatic carbocycles. The van der Waals surface area contributed by atoms with Crippen LogP contribution in [0.4, 0.5) is 10.1 Å². The van der Waals surface area contributed by atoms with Gasteiger partial charge >= 0.3 is 0 Å². The van der Waals surface area contributed by atoms with Crippen LogP contribution in [0.1, 0.15) is 212 Å². The van der Waals surface area contributed by atoms with Crippen LogP contribution in [0.5, 0.6) is 0 Å². The van der Waals surface area contributed by atoms with Crippen LogP contribution in [0.15, 0.2) is 29.4 Å². The maximum atomic E-state index is 14.4. The summed E-state index contributed by atoms with van der Waals surface area (Å²) < 4.78 is 14.4. The first-order valence-electron chi connectivity index (χ1n) is 20.6. The zero-order valence-corrected chi connectivity index (χ0v) is 31.6. The molecule has 1 heterocycles. The lowest BCUT2D eigenvalue weighted by atomic mass is 10.0. The van der Waals surface area contributed by atoms with Crippen LogP contribution < -0.4 is 10.3 Å². The van der Waals surface area contributed by atoms with Crippen molar-refractivity contribution in [3.05, 3.63) is 30.1 Å². The molecule has 0 saturated carbocycles. The number of thiocarbonyl (C=S) groups is 1. The summed E-state index contributed by atoms with van der Waals surface area (Å²) in [4.78, 5) is 1.91. The van der Waals surface area contributed by atoms with E-state index in [0.29, 0.717) is 5.69 Å². The Morgan fingerprint density at radius 2 is 0.915 bits per heavy atom. The van der Waals surface area contributed by atoms with Crippen LogP contribution in [-0.4, -0.2) is 17.4 Å². The van der Waals surface area contributed by atoms with Gasteiger partial charge in [-0.1, -0.05) is 224 Å². The zero-order valence-electron chi connectivity index (χ0n) is 30.8. The molecule has 1 aromatic carbocycles. The van der Waals surface area contributed by atoms with Crippen molar-refractivity contribution in [2.24, 2.45) is 5.10 Å². The highest BCUT2D eigenvalue weighted by atomic mass is 32.1. The highest BCUT2D eigenvalue weighted by Crippen LogP contribution is 2.25.